The van der Waals surface area contributed by atoms with Gasteiger partial charge in [0.2, 0.25) is 0 Å². The molecule has 0 unspecified atom stereocenters. The van der Waals surface area contributed by atoms with E-state index >= 15 is 0 Å². The summed E-state index contributed by atoms with van der Waals surface area (Å²) in [4.78, 5) is 0. The fraction of sp³-hybridized carbons (Fsp3) is 0.611. The Morgan fingerprint density at radius 2 is 2.00 bits per heavy atom. The zero-order valence-corrected chi connectivity index (χ0v) is 13.2. The molecule has 1 saturated carbocycles. The predicted molar refractivity (Wildman–Crippen MR) is 85.2 cm³/mol. The number of methoxy groups -OCH3 is 1. The Morgan fingerprint density at radius 1 is 1.29 bits per heavy atom. The van der Waals surface area contributed by atoms with Gasteiger partial charge >= 0.3 is 0 Å². The number of hydrogen-bond acceptors (Lipinski definition) is 3. The minimum atomic E-state index is 0.513. The Hall–Kier alpha value is -1.53. The van der Waals surface area contributed by atoms with Crippen molar-refractivity contribution in [2.24, 2.45) is 5.92 Å². The molecular formula is C18H26N2O. The summed E-state index contributed by atoms with van der Waals surface area (Å²) in [5.41, 5.74) is 1.76. The average molecular weight is 286 g/mol. The fourth-order valence-corrected chi connectivity index (χ4v) is 3.23. The number of nitriles is 1. The van der Waals surface area contributed by atoms with Crippen LogP contribution in [-0.2, 0) is 6.54 Å². The third kappa shape index (κ3) is 4.47. The fourth-order valence-electron chi connectivity index (χ4n) is 3.23. The summed E-state index contributed by atoms with van der Waals surface area (Å²) in [5.74, 6) is 1.63. The quantitative estimate of drug-likeness (QED) is 0.832. The molecule has 114 valence electrons. The second-order valence-corrected chi connectivity index (χ2v) is 6.06. The lowest BCUT2D eigenvalue weighted by molar-refractivity contribution is 0.333. The summed E-state index contributed by atoms with van der Waals surface area (Å²) < 4.78 is 5.39. The molecule has 0 bridgehead atoms. The maximum absolute atomic E-state index is 9.03. The Balaban J connectivity index is 1.96. The van der Waals surface area contributed by atoms with Crippen LogP contribution < -0.4 is 10.1 Å². The van der Waals surface area contributed by atoms with Crippen LogP contribution in [0.1, 0.15) is 56.6 Å². The van der Waals surface area contributed by atoms with Crippen molar-refractivity contribution in [2.45, 2.75) is 58.0 Å². The van der Waals surface area contributed by atoms with Gasteiger partial charge in [-0.2, -0.15) is 5.26 Å². The highest BCUT2D eigenvalue weighted by Gasteiger charge is 2.19. The summed E-state index contributed by atoms with van der Waals surface area (Å²) in [6, 6.07) is 8.31. The summed E-state index contributed by atoms with van der Waals surface area (Å²) in [6.45, 7) is 3.05. The Bertz CT molecular complexity index is 484. The second kappa shape index (κ2) is 8.05. The lowest BCUT2D eigenvalue weighted by Crippen LogP contribution is -2.33. The van der Waals surface area contributed by atoms with E-state index in [4.69, 9.17) is 10.00 Å². The lowest BCUT2D eigenvalue weighted by atomic mass is 9.93. The minimum absolute atomic E-state index is 0.513. The van der Waals surface area contributed by atoms with E-state index in [1.165, 1.54) is 38.5 Å². The van der Waals surface area contributed by atoms with Crippen molar-refractivity contribution in [1.82, 2.24) is 5.32 Å². The summed E-state index contributed by atoms with van der Waals surface area (Å²) in [5, 5.41) is 12.7. The van der Waals surface area contributed by atoms with Crippen molar-refractivity contribution >= 4 is 0 Å². The van der Waals surface area contributed by atoms with Crippen LogP contribution in [0.5, 0.6) is 5.75 Å². The molecule has 0 amide bonds. The molecule has 3 heteroatoms. The van der Waals surface area contributed by atoms with Crippen molar-refractivity contribution in [3.05, 3.63) is 29.3 Å². The van der Waals surface area contributed by atoms with Gasteiger partial charge in [-0.1, -0.05) is 25.7 Å². The molecule has 0 saturated heterocycles. The molecule has 1 atom stereocenters. The van der Waals surface area contributed by atoms with E-state index in [2.05, 4.69) is 18.3 Å². The maximum Gasteiger partial charge on any atom is 0.123 e. The van der Waals surface area contributed by atoms with Crippen LogP contribution in [0.15, 0.2) is 18.2 Å². The summed E-state index contributed by atoms with van der Waals surface area (Å²) >= 11 is 0. The van der Waals surface area contributed by atoms with Crippen LogP contribution in [0, 0.1) is 17.2 Å². The lowest BCUT2D eigenvalue weighted by Gasteiger charge is -2.24. The predicted octanol–water partition coefficient (Wildman–Crippen LogP) is 4.02. The molecular weight excluding hydrogens is 260 g/mol. The first-order chi connectivity index (χ1) is 10.2. The zero-order chi connectivity index (χ0) is 15.1. The van der Waals surface area contributed by atoms with Gasteiger partial charge in [-0.3, -0.25) is 0 Å². The monoisotopic (exact) mass is 286 g/mol. The van der Waals surface area contributed by atoms with Gasteiger partial charge < -0.3 is 10.1 Å². The molecule has 21 heavy (non-hydrogen) atoms. The molecule has 1 aliphatic rings. The molecule has 0 heterocycles. The topological polar surface area (TPSA) is 45.0 Å². The van der Waals surface area contributed by atoms with Crippen LogP contribution in [0.3, 0.4) is 0 Å². The first-order valence-corrected chi connectivity index (χ1v) is 8.05. The van der Waals surface area contributed by atoms with Crippen molar-refractivity contribution in [3.8, 4) is 11.8 Å². The van der Waals surface area contributed by atoms with Gasteiger partial charge in [0.05, 0.1) is 18.7 Å². The van der Waals surface area contributed by atoms with Gasteiger partial charge in [-0.25, -0.2) is 0 Å². The normalized spacial score (nSPS) is 17.8. The van der Waals surface area contributed by atoms with E-state index in [0.29, 0.717) is 11.6 Å². The molecule has 1 aromatic carbocycles. The van der Waals surface area contributed by atoms with E-state index in [0.717, 1.165) is 23.8 Å². The van der Waals surface area contributed by atoms with Crippen LogP contribution >= 0.6 is 0 Å². The van der Waals surface area contributed by atoms with Gasteiger partial charge in [0.15, 0.2) is 0 Å². The number of hydrogen-bond donors (Lipinski definition) is 1. The van der Waals surface area contributed by atoms with Crippen LogP contribution in [0.4, 0.5) is 0 Å². The molecule has 0 radical (unpaired) electrons. The van der Waals surface area contributed by atoms with E-state index in [1.807, 2.05) is 12.1 Å². The smallest absolute Gasteiger partial charge is 0.123 e. The van der Waals surface area contributed by atoms with E-state index < -0.39 is 0 Å². The Labute approximate surface area is 128 Å². The summed E-state index contributed by atoms with van der Waals surface area (Å²) in [6.07, 6.45) is 8.18. The third-order valence-electron chi connectivity index (χ3n) is 4.63. The Kier molecular flexibility index (Phi) is 6.07. The first kappa shape index (κ1) is 15.9. The molecule has 1 fully saturated rings. The average Bonchev–Trinajstić information content (AvgIpc) is 2.81. The number of nitrogens with one attached hydrogen (secondary N) is 1. The van der Waals surface area contributed by atoms with Gasteiger partial charge in [-0.15, -0.1) is 0 Å². The molecule has 0 spiro atoms. The number of benzene rings is 1. The van der Waals surface area contributed by atoms with Crippen LogP contribution in [0.2, 0.25) is 0 Å². The molecule has 1 aromatic rings. The highest BCUT2D eigenvalue weighted by atomic mass is 16.5. The molecule has 1 aliphatic carbocycles. The number of rotatable bonds is 5. The highest BCUT2D eigenvalue weighted by Crippen LogP contribution is 2.26. The highest BCUT2D eigenvalue weighted by molar-refractivity contribution is 5.42. The summed E-state index contributed by atoms with van der Waals surface area (Å²) in [7, 11) is 1.68. The van der Waals surface area contributed by atoms with Gasteiger partial charge in [-0.05, 0) is 43.9 Å². The zero-order valence-electron chi connectivity index (χ0n) is 13.2. The number of ether oxygens (including phenoxy) is 1. The van der Waals surface area contributed by atoms with Gasteiger partial charge in [0.1, 0.15) is 5.75 Å². The molecule has 0 aromatic heterocycles. The maximum atomic E-state index is 9.03. The van der Waals surface area contributed by atoms with Crippen molar-refractivity contribution in [2.75, 3.05) is 7.11 Å². The largest absolute Gasteiger partial charge is 0.496 e. The van der Waals surface area contributed by atoms with Crippen LogP contribution in [0.25, 0.3) is 0 Å². The standard InChI is InChI=1S/C18H26N2O/c1-14(16-7-5-3-4-6-8-16)20-13-17-11-15(12-19)9-10-18(17)21-2/h9-11,14,16,20H,3-8,13H2,1-2H3/t14-/m0/s1. The second-order valence-electron chi connectivity index (χ2n) is 6.06. The third-order valence-corrected chi connectivity index (χ3v) is 4.63. The van der Waals surface area contributed by atoms with Crippen molar-refractivity contribution in [1.29, 1.82) is 5.26 Å². The van der Waals surface area contributed by atoms with Crippen molar-refractivity contribution in [3.63, 3.8) is 0 Å². The minimum Gasteiger partial charge on any atom is -0.496 e. The van der Waals surface area contributed by atoms with E-state index in [9.17, 15) is 0 Å². The first-order valence-electron chi connectivity index (χ1n) is 8.05. The van der Waals surface area contributed by atoms with Gasteiger partial charge in [0, 0.05) is 18.2 Å². The van der Waals surface area contributed by atoms with Gasteiger partial charge in [0.25, 0.3) is 0 Å². The van der Waals surface area contributed by atoms with E-state index in [1.54, 1.807) is 13.2 Å². The molecule has 1 N–H and O–H groups in total. The molecule has 2 rings (SSSR count). The molecule has 3 nitrogen and oxygen atoms in total. The molecule has 0 aliphatic heterocycles. The Morgan fingerprint density at radius 3 is 2.62 bits per heavy atom. The van der Waals surface area contributed by atoms with Crippen LogP contribution in [-0.4, -0.2) is 13.2 Å². The number of nitrogens with zero attached hydrogens (tertiary/aromatic N) is 1. The van der Waals surface area contributed by atoms with E-state index in [-0.39, 0.29) is 0 Å². The van der Waals surface area contributed by atoms with Crippen molar-refractivity contribution < 1.29 is 4.74 Å². The SMILES string of the molecule is COc1ccc(C#N)cc1CN[C@@H](C)C1CCCCCC1.